The van der Waals surface area contributed by atoms with Gasteiger partial charge in [-0.3, -0.25) is 0 Å². The summed E-state index contributed by atoms with van der Waals surface area (Å²) in [5.41, 5.74) is -0.362. The van der Waals surface area contributed by atoms with Gasteiger partial charge < -0.3 is 0 Å². The van der Waals surface area contributed by atoms with Crippen molar-refractivity contribution in [3.05, 3.63) is 0 Å². The largest absolute Gasteiger partial charge is 0.236 e. The maximum Gasteiger partial charge on any atom is 0.236 e. The number of rotatable bonds is 17. The predicted molar refractivity (Wildman–Crippen MR) is 97.3 cm³/mol. The average molecular weight is 330 g/mol. The molecule has 130 valence electrons. The number of nitrogens with zero attached hydrogens (tertiary/aromatic N) is 1. The molecule has 3 heteroatoms. The van der Waals surface area contributed by atoms with Crippen LogP contribution in [0.2, 0.25) is 0 Å². The number of isocyanates is 1. The molecule has 0 heterocycles. The van der Waals surface area contributed by atoms with E-state index < -0.39 is 0 Å². The molecule has 0 aromatic heterocycles. The second-order valence-corrected chi connectivity index (χ2v) is 6.90. The summed E-state index contributed by atoms with van der Waals surface area (Å²) in [5, 5.41) is 0. The monoisotopic (exact) mass is 329 g/mol. The predicted octanol–water partition coefficient (Wildman–Crippen LogP) is 7.15. The molecule has 2 nitrogen and oxygen atoms in total. The number of alkyl halides is 1. The minimum Gasteiger partial charge on any atom is -0.211 e. The Bertz CT molecular complexity index is 264. The van der Waals surface area contributed by atoms with E-state index in [4.69, 9.17) is 11.6 Å². The summed E-state index contributed by atoms with van der Waals surface area (Å²) in [7, 11) is 0. The number of aliphatic imine (C=N–C) groups is 1. The van der Waals surface area contributed by atoms with Crippen LogP contribution >= 0.6 is 11.6 Å². The molecule has 1 atom stereocenters. The SMILES string of the molecule is CCCCCCCCCCCCCCCCCC(Cl)N=C=O. The fraction of sp³-hybridized carbons (Fsp3) is 0.947. The van der Waals surface area contributed by atoms with E-state index in [0.717, 1.165) is 12.8 Å². The standard InChI is InChI=1S/C19H36ClNO/c1-2-3-4-5-6-7-8-9-10-11-12-13-14-15-16-17-19(20)21-18-22/h19H,2-17H2,1H3. The van der Waals surface area contributed by atoms with Crippen LogP contribution in [0.25, 0.3) is 0 Å². The van der Waals surface area contributed by atoms with Crippen molar-refractivity contribution < 1.29 is 4.79 Å². The highest BCUT2D eigenvalue weighted by atomic mass is 35.5. The lowest BCUT2D eigenvalue weighted by Crippen LogP contribution is -1.93. The summed E-state index contributed by atoms with van der Waals surface area (Å²) in [6.07, 6.45) is 22.7. The number of unbranched alkanes of at least 4 members (excludes halogenated alkanes) is 14. The van der Waals surface area contributed by atoms with E-state index in [1.165, 1.54) is 96.0 Å². The Kier molecular flexibility index (Phi) is 18.4. The van der Waals surface area contributed by atoms with Crippen molar-refractivity contribution in [2.24, 2.45) is 4.99 Å². The lowest BCUT2D eigenvalue weighted by Gasteiger charge is -2.04. The van der Waals surface area contributed by atoms with E-state index in [0.29, 0.717) is 0 Å². The highest BCUT2D eigenvalue weighted by Crippen LogP contribution is 2.15. The molecule has 0 aliphatic rings. The molecule has 0 bridgehead atoms. The molecule has 0 radical (unpaired) electrons. The summed E-state index contributed by atoms with van der Waals surface area (Å²) in [5.74, 6) is 0. The van der Waals surface area contributed by atoms with E-state index in [2.05, 4.69) is 11.9 Å². The Balaban J connectivity index is 3.04. The zero-order chi connectivity index (χ0) is 16.3. The molecule has 0 amide bonds. The van der Waals surface area contributed by atoms with Crippen LogP contribution in [0.3, 0.4) is 0 Å². The van der Waals surface area contributed by atoms with Gasteiger partial charge in [0.2, 0.25) is 6.08 Å². The first-order chi connectivity index (χ1) is 10.8. The third kappa shape index (κ3) is 17.7. The summed E-state index contributed by atoms with van der Waals surface area (Å²) in [6, 6.07) is 0. The summed E-state index contributed by atoms with van der Waals surface area (Å²) < 4.78 is 0. The van der Waals surface area contributed by atoms with E-state index in [-0.39, 0.29) is 5.50 Å². The van der Waals surface area contributed by atoms with Crippen molar-refractivity contribution in [3.8, 4) is 0 Å². The Morgan fingerprint density at radius 3 is 1.45 bits per heavy atom. The molecule has 0 aromatic carbocycles. The fourth-order valence-electron chi connectivity index (χ4n) is 2.81. The molecule has 0 rings (SSSR count). The van der Waals surface area contributed by atoms with Gasteiger partial charge in [-0.2, -0.15) is 4.99 Å². The van der Waals surface area contributed by atoms with E-state index in [1.807, 2.05) is 0 Å². The molecule has 0 aliphatic heterocycles. The zero-order valence-corrected chi connectivity index (χ0v) is 15.4. The lowest BCUT2D eigenvalue weighted by atomic mass is 10.0. The van der Waals surface area contributed by atoms with Crippen LogP contribution in [0.15, 0.2) is 4.99 Å². The maximum absolute atomic E-state index is 10.00. The number of carbonyl (C=O) groups excluding carboxylic acids is 1. The summed E-state index contributed by atoms with van der Waals surface area (Å²) >= 11 is 5.81. The molecule has 0 aromatic rings. The van der Waals surface area contributed by atoms with Crippen LogP contribution in [-0.4, -0.2) is 11.6 Å². The minimum atomic E-state index is -0.362. The third-order valence-electron chi connectivity index (χ3n) is 4.24. The zero-order valence-electron chi connectivity index (χ0n) is 14.6. The van der Waals surface area contributed by atoms with Gasteiger partial charge in [-0.1, -0.05) is 115 Å². The van der Waals surface area contributed by atoms with Crippen LogP contribution in [0, 0.1) is 0 Å². The highest BCUT2D eigenvalue weighted by molar-refractivity contribution is 6.20. The lowest BCUT2D eigenvalue weighted by molar-refractivity contribution is 0.527. The van der Waals surface area contributed by atoms with Crippen molar-refractivity contribution in [2.75, 3.05) is 0 Å². The smallest absolute Gasteiger partial charge is 0.211 e. The Morgan fingerprint density at radius 2 is 1.09 bits per heavy atom. The first-order valence-electron chi connectivity index (χ1n) is 9.52. The number of hydrogen-bond acceptors (Lipinski definition) is 2. The average Bonchev–Trinajstić information content (AvgIpc) is 2.51. The van der Waals surface area contributed by atoms with Gasteiger partial charge >= 0.3 is 0 Å². The normalized spacial score (nSPS) is 12.1. The Morgan fingerprint density at radius 1 is 0.727 bits per heavy atom. The highest BCUT2D eigenvalue weighted by Gasteiger charge is 2.00. The quantitative estimate of drug-likeness (QED) is 0.0915. The van der Waals surface area contributed by atoms with Crippen molar-refractivity contribution in [2.45, 2.75) is 115 Å². The Hall–Kier alpha value is -0.330. The summed E-state index contributed by atoms with van der Waals surface area (Å²) in [4.78, 5) is 13.5. The van der Waals surface area contributed by atoms with Gasteiger partial charge in [-0.05, 0) is 6.42 Å². The van der Waals surface area contributed by atoms with Gasteiger partial charge in [0, 0.05) is 0 Å². The topological polar surface area (TPSA) is 29.4 Å². The first kappa shape index (κ1) is 21.7. The minimum absolute atomic E-state index is 0.362. The molecule has 0 saturated heterocycles. The molecule has 0 saturated carbocycles. The molecule has 0 spiro atoms. The Labute approximate surface area is 143 Å². The summed E-state index contributed by atoms with van der Waals surface area (Å²) in [6.45, 7) is 2.27. The van der Waals surface area contributed by atoms with Crippen LogP contribution in [-0.2, 0) is 4.79 Å². The molecule has 0 aliphatic carbocycles. The number of hydrogen-bond donors (Lipinski definition) is 0. The molecule has 0 fully saturated rings. The molecular weight excluding hydrogens is 294 g/mol. The van der Waals surface area contributed by atoms with Crippen LogP contribution < -0.4 is 0 Å². The maximum atomic E-state index is 10.00. The molecular formula is C19H36ClNO. The van der Waals surface area contributed by atoms with Gasteiger partial charge in [0.15, 0.2) is 0 Å². The number of halogens is 1. The van der Waals surface area contributed by atoms with Crippen LogP contribution in [0.5, 0.6) is 0 Å². The van der Waals surface area contributed by atoms with Gasteiger partial charge in [0.1, 0.15) is 5.50 Å². The van der Waals surface area contributed by atoms with Crippen molar-refractivity contribution in [1.29, 1.82) is 0 Å². The second kappa shape index (κ2) is 18.7. The van der Waals surface area contributed by atoms with Gasteiger partial charge in [0.25, 0.3) is 0 Å². The molecule has 0 N–H and O–H groups in total. The molecule has 1 unspecified atom stereocenters. The van der Waals surface area contributed by atoms with Crippen molar-refractivity contribution in [3.63, 3.8) is 0 Å². The second-order valence-electron chi connectivity index (χ2n) is 6.39. The molecule has 22 heavy (non-hydrogen) atoms. The fourth-order valence-corrected chi connectivity index (χ4v) is 3.00. The van der Waals surface area contributed by atoms with Gasteiger partial charge in [0.05, 0.1) is 0 Å². The third-order valence-corrected chi connectivity index (χ3v) is 4.55. The van der Waals surface area contributed by atoms with E-state index in [9.17, 15) is 4.79 Å². The van der Waals surface area contributed by atoms with E-state index >= 15 is 0 Å². The van der Waals surface area contributed by atoms with E-state index in [1.54, 1.807) is 0 Å². The van der Waals surface area contributed by atoms with Crippen LogP contribution in [0.1, 0.15) is 110 Å². The van der Waals surface area contributed by atoms with Gasteiger partial charge in [-0.15, -0.1) is 0 Å². The van der Waals surface area contributed by atoms with Crippen molar-refractivity contribution >= 4 is 17.7 Å². The van der Waals surface area contributed by atoms with Crippen molar-refractivity contribution in [1.82, 2.24) is 0 Å². The first-order valence-corrected chi connectivity index (χ1v) is 9.96. The van der Waals surface area contributed by atoms with Crippen LogP contribution in [0.4, 0.5) is 0 Å². The van der Waals surface area contributed by atoms with Gasteiger partial charge in [-0.25, -0.2) is 4.79 Å².